The van der Waals surface area contributed by atoms with Crippen molar-refractivity contribution in [1.82, 2.24) is 24.9 Å². The number of nitrogens with one attached hydrogen (secondary N) is 1. The van der Waals surface area contributed by atoms with Crippen molar-refractivity contribution in [1.29, 1.82) is 0 Å². The third-order valence-electron chi connectivity index (χ3n) is 5.56. The maximum Gasteiger partial charge on any atom is 0.325 e. The van der Waals surface area contributed by atoms with Gasteiger partial charge >= 0.3 is 6.03 Å². The monoisotopic (exact) mass is 347 g/mol. The van der Waals surface area contributed by atoms with E-state index in [4.69, 9.17) is 0 Å². The Morgan fingerprint density at radius 3 is 2.76 bits per heavy atom. The molecular formula is C18H29N5O2. The number of hydrogen-bond donors (Lipinski definition) is 1. The zero-order valence-electron chi connectivity index (χ0n) is 15.7. The van der Waals surface area contributed by atoms with Crippen LogP contribution in [0.15, 0.2) is 12.4 Å². The normalized spacial score (nSPS) is 28.0. The molecule has 0 aliphatic carbocycles. The van der Waals surface area contributed by atoms with Crippen LogP contribution in [0.5, 0.6) is 0 Å². The van der Waals surface area contributed by atoms with Crippen molar-refractivity contribution < 1.29 is 9.59 Å². The summed E-state index contributed by atoms with van der Waals surface area (Å²) < 4.78 is 1.82. The van der Waals surface area contributed by atoms with E-state index in [9.17, 15) is 9.59 Å². The van der Waals surface area contributed by atoms with Crippen molar-refractivity contribution in [3.05, 3.63) is 18.0 Å². The summed E-state index contributed by atoms with van der Waals surface area (Å²) in [6, 6.07) is -0.366. The molecule has 0 aromatic carbocycles. The van der Waals surface area contributed by atoms with Gasteiger partial charge in [0.2, 0.25) is 0 Å². The third-order valence-corrected chi connectivity index (χ3v) is 5.56. The van der Waals surface area contributed by atoms with Gasteiger partial charge in [-0.05, 0) is 52.1 Å². The van der Waals surface area contributed by atoms with E-state index in [0.29, 0.717) is 0 Å². The van der Waals surface area contributed by atoms with Crippen molar-refractivity contribution in [2.24, 2.45) is 13.0 Å². The molecule has 2 atom stereocenters. The number of urea groups is 1. The predicted octanol–water partition coefficient (Wildman–Crippen LogP) is 1.39. The molecular weight excluding hydrogens is 318 g/mol. The molecule has 138 valence electrons. The standard InChI is InChI=1S/C18H29N5O2/c1-13(2)23-16(24)18(3,20-17(23)25)15-6-5-8-22(12-15)9-7-14-10-19-21(4)11-14/h10-11,13,15H,5-9,12H2,1-4H3,(H,20,25)/t15-,18+/m1/s1. The first kappa shape index (κ1) is 17.9. The highest BCUT2D eigenvalue weighted by atomic mass is 16.2. The minimum absolute atomic E-state index is 0.0772. The minimum atomic E-state index is -0.783. The van der Waals surface area contributed by atoms with Gasteiger partial charge in [-0.2, -0.15) is 5.10 Å². The number of amides is 3. The second kappa shape index (κ2) is 6.78. The van der Waals surface area contributed by atoms with Crippen molar-refractivity contribution in [2.75, 3.05) is 19.6 Å². The molecule has 7 nitrogen and oxygen atoms in total. The molecule has 7 heteroatoms. The van der Waals surface area contributed by atoms with Crippen molar-refractivity contribution >= 4 is 11.9 Å². The van der Waals surface area contributed by atoms with Crippen LogP contribution in [0, 0.1) is 5.92 Å². The van der Waals surface area contributed by atoms with Gasteiger partial charge in [-0.1, -0.05) is 0 Å². The molecule has 2 aliphatic rings. The van der Waals surface area contributed by atoms with Crippen LogP contribution in [0.3, 0.4) is 0 Å². The highest BCUT2D eigenvalue weighted by molar-refractivity contribution is 6.07. The fourth-order valence-corrected chi connectivity index (χ4v) is 4.04. The molecule has 2 aliphatic heterocycles. The summed E-state index contributed by atoms with van der Waals surface area (Å²) in [6.45, 7) is 8.49. The lowest BCUT2D eigenvalue weighted by Crippen LogP contribution is -2.56. The zero-order chi connectivity index (χ0) is 18.2. The second-order valence-electron chi connectivity index (χ2n) is 7.81. The van der Waals surface area contributed by atoms with Gasteiger partial charge in [0.15, 0.2) is 0 Å². The van der Waals surface area contributed by atoms with Gasteiger partial charge in [-0.25, -0.2) is 4.79 Å². The fourth-order valence-electron chi connectivity index (χ4n) is 4.04. The first-order valence-corrected chi connectivity index (χ1v) is 9.17. The van der Waals surface area contributed by atoms with E-state index in [1.807, 2.05) is 44.9 Å². The van der Waals surface area contributed by atoms with Crippen molar-refractivity contribution in [3.63, 3.8) is 0 Å². The highest BCUT2D eigenvalue weighted by Gasteiger charge is 2.53. The number of piperidine rings is 1. The Labute approximate surface area is 149 Å². The van der Waals surface area contributed by atoms with E-state index in [1.165, 1.54) is 10.5 Å². The smallest absolute Gasteiger partial charge is 0.323 e. The van der Waals surface area contributed by atoms with Gasteiger partial charge in [0, 0.05) is 38.3 Å². The molecule has 3 rings (SSSR count). The van der Waals surface area contributed by atoms with E-state index in [1.54, 1.807) is 0 Å². The van der Waals surface area contributed by atoms with Crippen LogP contribution in [0.4, 0.5) is 4.79 Å². The molecule has 0 spiro atoms. The van der Waals surface area contributed by atoms with Gasteiger partial charge in [-0.3, -0.25) is 14.4 Å². The quantitative estimate of drug-likeness (QED) is 0.817. The van der Waals surface area contributed by atoms with Crippen LogP contribution in [0.2, 0.25) is 0 Å². The summed E-state index contributed by atoms with van der Waals surface area (Å²) in [4.78, 5) is 28.9. The molecule has 0 unspecified atom stereocenters. The summed E-state index contributed by atoms with van der Waals surface area (Å²) in [5.74, 6) is 0.0713. The topological polar surface area (TPSA) is 70.5 Å². The Hall–Kier alpha value is -1.89. The van der Waals surface area contributed by atoms with Gasteiger partial charge in [0.1, 0.15) is 5.54 Å². The SMILES string of the molecule is CC(C)N1C(=O)N[C@@](C)([C@@H]2CCCN(CCc3cnn(C)c3)C2)C1=O. The molecule has 2 saturated heterocycles. The first-order chi connectivity index (χ1) is 11.8. The average molecular weight is 347 g/mol. The number of aromatic nitrogens is 2. The van der Waals surface area contributed by atoms with Crippen LogP contribution in [0.1, 0.15) is 39.2 Å². The van der Waals surface area contributed by atoms with Crippen molar-refractivity contribution in [2.45, 2.75) is 51.6 Å². The molecule has 0 radical (unpaired) electrons. The summed E-state index contributed by atoms with van der Waals surface area (Å²) in [5, 5.41) is 7.19. The lowest BCUT2D eigenvalue weighted by Gasteiger charge is -2.40. The largest absolute Gasteiger partial charge is 0.325 e. The van der Waals surface area contributed by atoms with E-state index in [-0.39, 0.29) is 23.9 Å². The molecule has 1 aromatic rings. The van der Waals surface area contributed by atoms with Gasteiger partial charge in [0.05, 0.1) is 6.20 Å². The van der Waals surface area contributed by atoms with Gasteiger partial charge in [0.25, 0.3) is 5.91 Å². The molecule has 3 heterocycles. The van der Waals surface area contributed by atoms with E-state index < -0.39 is 5.54 Å². The maximum atomic E-state index is 12.9. The fraction of sp³-hybridized carbons (Fsp3) is 0.722. The molecule has 0 bridgehead atoms. The van der Waals surface area contributed by atoms with E-state index >= 15 is 0 Å². The average Bonchev–Trinajstić information content (AvgIpc) is 3.07. The Morgan fingerprint density at radius 1 is 1.40 bits per heavy atom. The summed E-state index contributed by atoms with van der Waals surface area (Å²) in [5.41, 5.74) is 0.445. The van der Waals surface area contributed by atoms with Gasteiger partial charge < -0.3 is 10.2 Å². The van der Waals surface area contributed by atoms with E-state index in [0.717, 1.165) is 38.9 Å². The molecule has 0 saturated carbocycles. The Balaban J connectivity index is 1.64. The van der Waals surface area contributed by atoms with Crippen LogP contribution in [-0.4, -0.2) is 62.7 Å². The van der Waals surface area contributed by atoms with Crippen LogP contribution in [0.25, 0.3) is 0 Å². The van der Waals surface area contributed by atoms with Crippen LogP contribution >= 0.6 is 0 Å². The first-order valence-electron chi connectivity index (χ1n) is 9.17. The zero-order valence-corrected chi connectivity index (χ0v) is 15.7. The highest BCUT2D eigenvalue weighted by Crippen LogP contribution is 2.33. The molecule has 25 heavy (non-hydrogen) atoms. The number of imide groups is 1. The Morgan fingerprint density at radius 2 is 2.16 bits per heavy atom. The number of carbonyl (C=O) groups excluding carboxylic acids is 2. The number of nitrogens with zero attached hydrogens (tertiary/aromatic N) is 4. The number of likely N-dealkylation sites (tertiary alicyclic amines) is 1. The Bertz CT molecular complexity index is 656. The lowest BCUT2D eigenvalue weighted by molar-refractivity contribution is -0.134. The predicted molar refractivity (Wildman–Crippen MR) is 95.0 cm³/mol. The molecule has 3 amide bonds. The summed E-state index contributed by atoms with van der Waals surface area (Å²) in [7, 11) is 1.93. The number of rotatable bonds is 5. The number of carbonyl (C=O) groups is 2. The number of aryl methyl sites for hydroxylation is 1. The third kappa shape index (κ3) is 3.42. The van der Waals surface area contributed by atoms with Crippen LogP contribution in [-0.2, 0) is 18.3 Å². The van der Waals surface area contributed by atoms with Crippen molar-refractivity contribution in [3.8, 4) is 0 Å². The molecule has 1 aromatic heterocycles. The minimum Gasteiger partial charge on any atom is -0.323 e. The lowest BCUT2D eigenvalue weighted by atomic mass is 9.79. The maximum absolute atomic E-state index is 12.9. The Kier molecular flexibility index (Phi) is 4.86. The van der Waals surface area contributed by atoms with Crippen LogP contribution < -0.4 is 5.32 Å². The van der Waals surface area contributed by atoms with Gasteiger partial charge in [-0.15, -0.1) is 0 Å². The molecule has 1 N–H and O–H groups in total. The molecule has 2 fully saturated rings. The summed E-state index contributed by atoms with van der Waals surface area (Å²) >= 11 is 0. The second-order valence-corrected chi connectivity index (χ2v) is 7.81. The summed E-state index contributed by atoms with van der Waals surface area (Å²) in [6.07, 6.45) is 6.93. The van der Waals surface area contributed by atoms with E-state index in [2.05, 4.69) is 15.3 Å². The number of hydrogen-bond acceptors (Lipinski definition) is 4.